The molecule has 2 aromatic carbocycles. The smallest absolute Gasteiger partial charge is 0.265 e. The van der Waals surface area contributed by atoms with Gasteiger partial charge in [-0.3, -0.25) is 9.59 Å². The number of rotatable bonds is 5. The van der Waals surface area contributed by atoms with Gasteiger partial charge in [0.15, 0.2) is 5.60 Å². The first-order valence-electron chi connectivity index (χ1n) is 8.96. The summed E-state index contributed by atoms with van der Waals surface area (Å²) in [6.07, 6.45) is 0.0211. The molecule has 0 atom stereocenters. The molecule has 1 aliphatic rings. The Bertz CT molecular complexity index is 1120. The average molecular weight is 434 g/mol. The number of amides is 1. The molecule has 0 spiro atoms. The summed E-state index contributed by atoms with van der Waals surface area (Å²) in [5.74, 6) is -0.484. The zero-order chi connectivity index (χ0) is 21.4. The van der Waals surface area contributed by atoms with Crippen molar-refractivity contribution < 1.29 is 22.7 Å². The molecule has 1 amide bonds. The van der Waals surface area contributed by atoms with E-state index in [1.54, 1.807) is 32.9 Å². The van der Waals surface area contributed by atoms with Gasteiger partial charge >= 0.3 is 0 Å². The number of carbonyl (C=O) groups is 2. The number of ketones is 1. The fraction of sp³-hybridized carbons (Fsp3) is 0.238. The number of sulfonamides is 1. The zero-order valence-electron chi connectivity index (χ0n) is 16.2. The van der Waals surface area contributed by atoms with Gasteiger partial charge in [0.2, 0.25) is 11.7 Å². The van der Waals surface area contributed by atoms with Gasteiger partial charge in [-0.2, -0.15) is 0 Å². The van der Waals surface area contributed by atoms with E-state index < -0.39 is 21.5 Å². The van der Waals surface area contributed by atoms with Gasteiger partial charge in [-0.05, 0) is 37.6 Å². The monoisotopic (exact) mass is 433 g/mol. The van der Waals surface area contributed by atoms with Gasteiger partial charge in [-0.1, -0.05) is 48.9 Å². The third kappa shape index (κ3) is 4.06. The molecule has 8 heteroatoms. The number of Topliss-reactive ketones (excluding diaryl/α,β-unsaturated/α-hetero) is 1. The zero-order valence-corrected chi connectivity index (χ0v) is 17.7. The predicted molar refractivity (Wildman–Crippen MR) is 110 cm³/mol. The van der Waals surface area contributed by atoms with Gasteiger partial charge in [0.1, 0.15) is 10.7 Å². The summed E-state index contributed by atoms with van der Waals surface area (Å²) in [6, 6.07) is 13.3. The summed E-state index contributed by atoms with van der Waals surface area (Å²) >= 11 is 6.23. The molecular formula is C21H20ClNO5S. The molecule has 0 radical (unpaired) electrons. The van der Waals surface area contributed by atoms with Crippen molar-refractivity contribution in [2.75, 3.05) is 0 Å². The minimum atomic E-state index is -4.10. The van der Waals surface area contributed by atoms with E-state index in [9.17, 15) is 18.0 Å². The molecule has 0 fully saturated rings. The maximum atomic E-state index is 12.9. The van der Waals surface area contributed by atoms with Crippen LogP contribution in [0.25, 0.3) is 11.3 Å². The SMILES string of the molecule is CCC(=O)NS(=O)(=O)c1ccc(C2=C(c3ccccc3)C(=O)C(C)(C)O2)cc1Cl. The topological polar surface area (TPSA) is 89.5 Å². The summed E-state index contributed by atoms with van der Waals surface area (Å²) in [7, 11) is -4.10. The van der Waals surface area contributed by atoms with E-state index in [-0.39, 0.29) is 22.1 Å². The molecule has 0 saturated carbocycles. The van der Waals surface area contributed by atoms with E-state index in [0.717, 1.165) is 0 Å². The number of nitrogens with one attached hydrogen (secondary N) is 1. The lowest BCUT2D eigenvalue weighted by atomic mass is 9.93. The molecule has 1 aliphatic heterocycles. The Morgan fingerprint density at radius 2 is 1.76 bits per heavy atom. The van der Waals surface area contributed by atoms with E-state index in [1.165, 1.54) is 18.2 Å². The van der Waals surface area contributed by atoms with E-state index in [4.69, 9.17) is 16.3 Å². The van der Waals surface area contributed by atoms with Gasteiger partial charge in [0, 0.05) is 12.0 Å². The standard InChI is InChI=1S/C21H20ClNO5S/c1-4-17(24)23-29(26,27)16-11-10-14(12-15(16)22)19-18(13-8-6-5-7-9-13)20(25)21(2,3)28-19/h5-12H,4H2,1-3H3,(H,23,24). The highest BCUT2D eigenvalue weighted by Gasteiger charge is 2.42. The number of halogens is 1. The van der Waals surface area contributed by atoms with Crippen molar-refractivity contribution in [3.8, 4) is 0 Å². The lowest BCUT2D eigenvalue weighted by Gasteiger charge is -2.18. The second-order valence-corrected chi connectivity index (χ2v) is 9.10. The third-order valence-corrected chi connectivity index (χ3v) is 6.33. The van der Waals surface area contributed by atoms with Crippen LogP contribution >= 0.6 is 11.6 Å². The van der Waals surface area contributed by atoms with Crippen molar-refractivity contribution >= 4 is 44.6 Å². The molecule has 152 valence electrons. The van der Waals surface area contributed by atoms with Gasteiger partial charge < -0.3 is 4.74 Å². The van der Waals surface area contributed by atoms with Gasteiger partial charge in [-0.25, -0.2) is 13.1 Å². The Morgan fingerprint density at radius 3 is 2.34 bits per heavy atom. The highest BCUT2D eigenvalue weighted by Crippen LogP contribution is 2.42. The summed E-state index contributed by atoms with van der Waals surface area (Å²) in [4.78, 5) is 24.2. The maximum Gasteiger partial charge on any atom is 0.265 e. The number of carbonyl (C=O) groups excluding carboxylic acids is 2. The number of benzene rings is 2. The molecule has 3 rings (SSSR count). The highest BCUT2D eigenvalue weighted by molar-refractivity contribution is 7.90. The Labute approximate surface area is 174 Å². The highest BCUT2D eigenvalue weighted by atomic mass is 35.5. The number of ether oxygens (including phenoxy) is 1. The van der Waals surface area contributed by atoms with Crippen LogP contribution in [0.3, 0.4) is 0 Å². The van der Waals surface area contributed by atoms with Crippen LogP contribution in [0.15, 0.2) is 53.4 Å². The molecule has 1 heterocycles. The van der Waals surface area contributed by atoms with Crippen LogP contribution < -0.4 is 4.72 Å². The largest absolute Gasteiger partial charge is 0.478 e. The fourth-order valence-electron chi connectivity index (χ4n) is 2.96. The van der Waals surface area contributed by atoms with Crippen LogP contribution in [-0.4, -0.2) is 25.7 Å². The van der Waals surface area contributed by atoms with Gasteiger partial charge in [0.25, 0.3) is 10.0 Å². The minimum Gasteiger partial charge on any atom is -0.478 e. The minimum absolute atomic E-state index is 0.0211. The van der Waals surface area contributed by atoms with Crippen molar-refractivity contribution in [1.82, 2.24) is 4.72 Å². The summed E-state index contributed by atoms with van der Waals surface area (Å²) in [6.45, 7) is 4.89. The Kier molecular flexibility index (Phi) is 5.56. The van der Waals surface area contributed by atoms with Crippen LogP contribution in [0.2, 0.25) is 5.02 Å². The first kappa shape index (κ1) is 21.1. The van der Waals surface area contributed by atoms with Crippen molar-refractivity contribution in [3.63, 3.8) is 0 Å². The second-order valence-electron chi connectivity index (χ2n) is 7.04. The average Bonchev–Trinajstić information content (AvgIpc) is 2.91. The quantitative estimate of drug-likeness (QED) is 0.774. The third-order valence-electron chi connectivity index (χ3n) is 4.47. The molecule has 29 heavy (non-hydrogen) atoms. The summed E-state index contributed by atoms with van der Waals surface area (Å²) < 4.78 is 32.7. The van der Waals surface area contributed by atoms with Crippen molar-refractivity contribution in [1.29, 1.82) is 0 Å². The predicted octanol–water partition coefficient (Wildman–Crippen LogP) is 3.80. The van der Waals surface area contributed by atoms with Crippen LogP contribution in [0.5, 0.6) is 0 Å². The van der Waals surface area contributed by atoms with Crippen LogP contribution in [0, 0.1) is 0 Å². The first-order chi connectivity index (χ1) is 13.6. The van der Waals surface area contributed by atoms with E-state index in [2.05, 4.69) is 0 Å². The van der Waals surface area contributed by atoms with Crippen molar-refractivity contribution in [3.05, 3.63) is 64.7 Å². The molecule has 2 aromatic rings. The van der Waals surface area contributed by atoms with E-state index in [0.29, 0.717) is 22.5 Å². The Hall–Kier alpha value is -2.64. The maximum absolute atomic E-state index is 12.9. The van der Waals surface area contributed by atoms with Crippen LogP contribution in [0.1, 0.15) is 38.3 Å². The molecule has 0 saturated heterocycles. The van der Waals surface area contributed by atoms with Crippen LogP contribution in [-0.2, 0) is 24.3 Å². The number of hydrogen-bond acceptors (Lipinski definition) is 5. The molecule has 0 aromatic heterocycles. The summed E-state index contributed by atoms with van der Waals surface area (Å²) in [5.41, 5.74) is 0.503. The molecule has 0 aliphatic carbocycles. The second kappa shape index (κ2) is 7.65. The Morgan fingerprint density at radius 1 is 1.10 bits per heavy atom. The van der Waals surface area contributed by atoms with Crippen molar-refractivity contribution in [2.24, 2.45) is 0 Å². The van der Waals surface area contributed by atoms with E-state index in [1.807, 2.05) is 22.9 Å². The normalized spacial score (nSPS) is 15.9. The molecule has 0 unspecified atom stereocenters. The Balaban J connectivity index is 2.10. The fourth-order valence-corrected chi connectivity index (χ4v) is 4.57. The lowest BCUT2D eigenvalue weighted by molar-refractivity contribution is -0.125. The van der Waals surface area contributed by atoms with Crippen LogP contribution in [0.4, 0.5) is 0 Å². The molecular weight excluding hydrogens is 414 g/mol. The summed E-state index contributed by atoms with van der Waals surface area (Å²) in [5, 5.41) is -0.0837. The molecule has 0 bridgehead atoms. The van der Waals surface area contributed by atoms with Crippen molar-refractivity contribution in [2.45, 2.75) is 37.7 Å². The van der Waals surface area contributed by atoms with E-state index >= 15 is 0 Å². The van der Waals surface area contributed by atoms with Gasteiger partial charge in [0.05, 0.1) is 10.6 Å². The molecule has 6 nitrogen and oxygen atoms in total. The molecule has 1 N–H and O–H groups in total. The number of hydrogen-bond donors (Lipinski definition) is 1. The first-order valence-corrected chi connectivity index (χ1v) is 10.8. The lowest BCUT2D eigenvalue weighted by Crippen LogP contribution is -2.30. The van der Waals surface area contributed by atoms with Gasteiger partial charge in [-0.15, -0.1) is 0 Å².